The first-order chi connectivity index (χ1) is 19.4. The molecule has 0 aliphatic carbocycles. The van der Waals surface area contributed by atoms with Gasteiger partial charge >= 0.3 is 0 Å². The standard InChI is InChI=1S/C33H22ClFN2O3/c34-21-16-13-20(14-17-21)30(38)29-28(31(39)22-8-2-4-10-24(22)35)33(23-9-3-5-11-25(23)36-32(33)40)27-18-15-19-7-1-6-12-26(19)37(27)29/h1-18,27-29H,(H,36,40). The molecule has 1 saturated heterocycles. The molecule has 5 nitrogen and oxygen atoms in total. The molecular formula is C33H22ClFN2O3. The van der Waals surface area contributed by atoms with Crippen molar-refractivity contribution in [3.63, 3.8) is 0 Å². The van der Waals surface area contributed by atoms with E-state index in [9.17, 15) is 14.4 Å². The molecule has 3 aliphatic rings. The van der Waals surface area contributed by atoms with Crippen molar-refractivity contribution in [1.82, 2.24) is 0 Å². The Morgan fingerprint density at radius 1 is 0.850 bits per heavy atom. The van der Waals surface area contributed by atoms with Crippen LogP contribution in [0.3, 0.4) is 0 Å². The molecule has 4 aromatic rings. The van der Waals surface area contributed by atoms with Gasteiger partial charge in [-0.1, -0.05) is 72.3 Å². The van der Waals surface area contributed by atoms with Gasteiger partial charge in [-0.15, -0.1) is 0 Å². The Kier molecular flexibility index (Phi) is 5.51. The van der Waals surface area contributed by atoms with Gasteiger partial charge in [0.15, 0.2) is 11.6 Å². The van der Waals surface area contributed by atoms with Gasteiger partial charge in [-0.2, -0.15) is 0 Å². The van der Waals surface area contributed by atoms with Crippen LogP contribution >= 0.6 is 11.6 Å². The Morgan fingerprint density at radius 3 is 2.35 bits per heavy atom. The number of nitrogens with one attached hydrogen (secondary N) is 1. The molecule has 40 heavy (non-hydrogen) atoms. The number of fused-ring (bicyclic) bond motifs is 6. The lowest BCUT2D eigenvalue weighted by Gasteiger charge is -2.37. The second-order valence-corrected chi connectivity index (χ2v) is 10.7. The van der Waals surface area contributed by atoms with Gasteiger partial charge in [0.2, 0.25) is 5.91 Å². The minimum absolute atomic E-state index is 0.157. The fourth-order valence-electron chi connectivity index (χ4n) is 6.73. The molecule has 196 valence electrons. The molecule has 7 rings (SSSR count). The summed E-state index contributed by atoms with van der Waals surface area (Å²) in [6, 6.07) is 25.2. The Morgan fingerprint density at radius 2 is 1.55 bits per heavy atom. The third kappa shape index (κ3) is 3.29. The summed E-state index contributed by atoms with van der Waals surface area (Å²) in [5.74, 6) is -3.29. The summed E-state index contributed by atoms with van der Waals surface area (Å²) in [5, 5.41) is 3.44. The van der Waals surface area contributed by atoms with E-state index < -0.39 is 40.9 Å². The van der Waals surface area contributed by atoms with Gasteiger partial charge in [0.25, 0.3) is 0 Å². The fraction of sp³-hybridized carbons (Fsp3) is 0.121. The minimum atomic E-state index is -1.49. The summed E-state index contributed by atoms with van der Waals surface area (Å²) in [4.78, 5) is 45.3. The molecule has 0 radical (unpaired) electrons. The lowest BCUT2D eigenvalue weighted by Crippen LogP contribution is -2.51. The molecule has 1 N–H and O–H groups in total. The van der Waals surface area contributed by atoms with Crippen LogP contribution < -0.4 is 10.2 Å². The van der Waals surface area contributed by atoms with E-state index in [-0.39, 0.29) is 11.3 Å². The Labute approximate surface area is 234 Å². The van der Waals surface area contributed by atoms with Crippen LogP contribution in [0.5, 0.6) is 0 Å². The number of nitrogens with zero attached hydrogens (tertiary/aromatic N) is 1. The highest BCUT2D eigenvalue weighted by molar-refractivity contribution is 6.30. The number of Topliss-reactive ketones (excluding diaryl/α,β-unsaturated/α-hetero) is 2. The van der Waals surface area contributed by atoms with Crippen LogP contribution in [0.2, 0.25) is 5.02 Å². The van der Waals surface area contributed by atoms with Gasteiger partial charge in [-0.3, -0.25) is 14.4 Å². The predicted molar refractivity (Wildman–Crippen MR) is 152 cm³/mol. The first kappa shape index (κ1) is 24.5. The number of halogens is 2. The van der Waals surface area contributed by atoms with Crippen molar-refractivity contribution in [2.24, 2.45) is 5.92 Å². The number of rotatable bonds is 4. The molecule has 4 aromatic carbocycles. The molecule has 0 bridgehead atoms. The summed E-state index contributed by atoms with van der Waals surface area (Å²) in [7, 11) is 0. The van der Waals surface area contributed by atoms with Crippen LogP contribution in [-0.2, 0) is 10.2 Å². The molecule has 1 amide bonds. The van der Waals surface area contributed by atoms with Crippen LogP contribution in [0.15, 0.2) is 103 Å². The van der Waals surface area contributed by atoms with Crippen LogP contribution in [0, 0.1) is 11.7 Å². The number of carbonyl (C=O) groups is 3. The fourth-order valence-corrected chi connectivity index (χ4v) is 6.86. The van der Waals surface area contributed by atoms with Gasteiger partial charge in [0.1, 0.15) is 17.3 Å². The van der Waals surface area contributed by atoms with Crippen molar-refractivity contribution in [1.29, 1.82) is 0 Å². The van der Waals surface area contributed by atoms with Crippen LogP contribution in [0.1, 0.15) is 31.8 Å². The van der Waals surface area contributed by atoms with Crippen molar-refractivity contribution in [2.75, 3.05) is 10.2 Å². The molecule has 1 spiro atoms. The third-order valence-electron chi connectivity index (χ3n) is 8.36. The normalized spacial score (nSPS) is 23.9. The number of ketones is 2. The molecule has 3 aliphatic heterocycles. The molecule has 0 saturated carbocycles. The number of anilines is 2. The number of hydrogen-bond donors (Lipinski definition) is 1. The summed E-state index contributed by atoms with van der Waals surface area (Å²) in [6.07, 6.45) is 3.81. The summed E-state index contributed by atoms with van der Waals surface area (Å²) >= 11 is 6.12. The third-order valence-corrected chi connectivity index (χ3v) is 8.61. The Hall–Kier alpha value is -4.55. The monoisotopic (exact) mass is 548 g/mol. The van der Waals surface area contributed by atoms with Crippen LogP contribution in [0.4, 0.5) is 15.8 Å². The van der Waals surface area contributed by atoms with E-state index in [2.05, 4.69) is 5.32 Å². The maximum absolute atomic E-state index is 15.2. The Bertz CT molecular complexity index is 1750. The van der Waals surface area contributed by atoms with E-state index in [4.69, 9.17) is 11.6 Å². The van der Waals surface area contributed by atoms with Crippen LogP contribution in [-0.4, -0.2) is 29.6 Å². The zero-order chi connectivity index (χ0) is 27.6. The van der Waals surface area contributed by atoms with Crippen molar-refractivity contribution < 1.29 is 18.8 Å². The van der Waals surface area contributed by atoms with E-state index in [0.717, 1.165) is 11.3 Å². The molecule has 7 heteroatoms. The highest BCUT2D eigenvalue weighted by Crippen LogP contribution is 2.58. The van der Waals surface area contributed by atoms with E-state index in [1.54, 1.807) is 42.5 Å². The zero-order valence-electron chi connectivity index (χ0n) is 21.1. The number of hydrogen-bond acceptors (Lipinski definition) is 4. The molecule has 0 aromatic heterocycles. The topological polar surface area (TPSA) is 66.5 Å². The summed E-state index contributed by atoms with van der Waals surface area (Å²) < 4.78 is 15.2. The molecule has 1 fully saturated rings. The predicted octanol–water partition coefficient (Wildman–Crippen LogP) is 6.34. The lowest BCUT2D eigenvalue weighted by molar-refractivity contribution is -0.121. The van der Waals surface area contributed by atoms with E-state index in [1.807, 2.05) is 53.5 Å². The quantitative estimate of drug-likeness (QED) is 0.302. The zero-order valence-corrected chi connectivity index (χ0v) is 21.8. The maximum atomic E-state index is 15.2. The van der Waals surface area contributed by atoms with E-state index >= 15 is 4.39 Å². The highest BCUT2D eigenvalue weighted by atomic mass is 35.5. The second kappa shape index (κ2) is 9.00. The van der Waals surface area contributed by atoms with Gasteiger partial charge in [0.05, 0.1) is 17.5 Å². The highest BCUT2D eigenvalue weighted by Gasteiger charge is 2.70. The van der Waals surface area contributed by atoms with Gasteiger partial charge < -0.3 is 10.2 Å². The van der Waals surface area contributed by atoms with Crippen molar-refractivity contribution >= 4 is 46.5 Å². The number of amides is 1. The second-order valence-electron chi connectivity index (χ2n) is 10.3. The van der Waals surface area contributed by atoms with Crippen molar-refractivity contribution in [3.8, 4) is 0 Å². The summed E-state index contributed by atoms with van der Waals surface area (Å²) in [5.41, 5.74) is 1.46. The minimum Gasteiger partial charge on any atom is -0.352 e. The number of carbonyl (C=O) groups excluding carboxylic acids is 3. The van der Waals surface area contributed by atoms with Gasteiger partial charge in [0, 0.05) is 22.0 Å². The first-order valence-corrected chi connectivity index (χ1v) is 13.4. The number of para-hydroxylation sites is 2. The van der Waals surface area contributed by atoms with Gasteiger partial charge in [-0.25, -0.2) is 4.39 Å². The molecule has 4 unspecified atom stereocenters. The van der Waals surface area contributed by atoms with Crippen molar-refractivity contribution in [3.05, 3.63) is 136 Å². The summed E-state index contributed by atoms with van der Waals surface area (Å²) in [6.45, 7) is 0. The van der Waals surface area contributed by atoms with E-state index in [0.29, 0.717) is 21.8 Å². The molecule has 3 heterocycles. The number of benzene rings is 4. The largest absolute Gasteiger partial charge is 0.352 e. The SMILES string of the molecule is O=C(c1ccc(Cl)cc1)C1C(C(=O)c2ccccc2F)C2(C(=O)Nc3ccccc32)C2C=Cc3ccccc3N12. The Balaban J connectivity index is 1.55. The molecular weight excluding hydrogens is 527 g/mol. The lowest BCUT2D eigenvalue weighted by atomic mass is 9.64. The first-order valence-electron chi connectivity index (χ1n) is 13.0. The van der Waals surface area contributed by atoms with Crippen molar-refractivity contribution in [2.45, 2.75) is 17.5 Å². The van der Waals surface area contributed by atoms with Gasteiger partial charge in [-0.05, 0) is 59.7 Å². The van der Waals surface area contributed by atoms with Crippen LogP contribution in [0.25, 0.3) is 6.08 Å². The average molecular weight is 549 g/mol. The average Bonchev–Trinajstić information content (AvgIpc) is 3.45. The maximum Gasteiger partial charge on any atom is 0.238 e. The molecule has 4 atom stereocenters. The van der Waals surface area contributed by atoms with E-state index in [1.165, 1.54) is 18.2 Å². The smallest absolute Gasteiger partial charge is 0.238 e.